The number of methoxy groups -OCH3 is 1. The van der Waals surface area contributed by atoms with Gasteiger partial charge in [-0.1, -0.05) is 19.1 Å². The summed E-state index contributed by atoms with van der Waals surface area (Å²) in [5.74, 6) is 1.15. The van der Waals surface area contributed by atoms with Crippen LogP contribution in [0.5, 0.6) is 5.75 Å². The first-order valence-corrected chi connectivity index (χ1v) is 6.28. The number of amides is 1. The number of carbonyl (C=O) groups excluding carboxylic acids is 1. The minimum absolute atomic E-state index is 0.125. The Morgan fingerprint density at radius 2 is 2.06 bits per heavy atom. The molecule has 4 heteroatoms. The Bertz CT molecular complexity index is 457. The van der Waals surface area contributed by atoms with Gasteiger partial charge >= 0.3 is 0 Å². The maximum atomic E-state index is 12.1. The first-order chi connectivity index (χ1) is 8.70. The fourth-order valence-corrected chi connectivity index (χ4v) is 2.82. The zero-order valence-corrected chi connectivity index (χ0v) is 10.6. The average Bonchev–Trinajstić information content (AvgIpc) is 2.92. The molecule has 0 bridgehead atoms. The van der Waals surface area contributed by atoms with Crippen molar-refractivity contribution in [3.8, 4) is 5.75 Å². The number of carbonyl (C=O) groups is 1. The van der Waals surface area contributed by atoms with Gasteiger partial charge in [0.25, 0.3) is 0 Å². The molecule has 1 amide bonds. The van der Waals surface area contributed by atoms with Crippen molar-refractivity contribution in [1.82, 2.24) is 4.90 Å². The molecule has 2 aliphatic heterocycles. The van der Waals surface area contributed by atoms with Crippen molar-refractivity contribution in [3.05, 3.63) is 29.8 Å². The van der Waals surface area contributed by atoms with Crippen LogP contribution in [0.2, 0.25) is 0 Å². The third-order valence-corrected chi connectivity index (χ3v) is 3.80. The molecule has 3 atom stereocenters. The number of fused-ring (bicyclic) bond motifs is 1. The average molecular weight is 247 g/mol. The Kier molecular flexibility index (Phi) is 2.74. The van der Waals surface area contributed by atoms with Crippen LogP contribution < -0.4 is 4.74 Å². The fourth-order valence-electron chi connectivity index (χ4n) is 2.82. The zero-order valence-electron chi connectivity index (χ0n) is 10.6. The number of hydrogen-bond acceptors (Lipinski definition) is 3. The van der Waals surface area contributed by atoms with Gasteiger partial charge < -0.3 is 14.4 Å². The van der Waals surface area contributed by atoms with Crippen molar-refractivity contribution in [2.24, 2.45) is 5.92 Å². The summed E-state index contributed by atoms with van der Waals surface area (Å²) in [5, 5.41) is 0. The number of hydrogen-bond donors (Lipinski definition) is 0. The summed E-state index contributed by atoms with van der Waals surface area (Å²) in [5.41, 5.74) is 1.01. The smallest absolute Gasteiger partial charge is 0.228 e. The molecule has 18 heavy (non-hydrogen) atoms. The quantitative estimate of drug-likeness (QED) is 0.802. The van der Waals surface area contributed by atoms with Gasteiger partial charge in [-0.3, -0.25) is 4.79 Å². The molecule has 0 aromatic heterocycles. The predicted octanol–water partition coefficient (Wildman–Crippen LogP) is 1.96. The van der Waals surface area contributed by atoms with Gasteiger partial charge in [-0.25, -0.2) is 0 Å². The van der Waals surface area contributed by atoms with Gasteiger partial charge in [0.05, 0.1) is 19.8 Å². The van der Waals surface area contributed by atoms with Crippen LogP contribution in [0.4, 0.5) is 0 Å². The Balaban J connectivity index is 1.86. The highest BCUT2D eigenvalue weighted by atomic mass is 16.5. The molecule has 96 valence electrons. The van der Waals surface area contributed by atoms with E-state index in [-0.39, 0.29) is 24.1 Å². The van der Waals surface area contributed by atoms with Gasteiger partial charge in [0.15, 0.2) is 6.23 Å². The van der Waals surface area contributed by atoms with Crippen LogP contribution in [0.15, 0.2) is 24.3 Å². The summed E-state index contributed by atoms with van der Waals surface area (Å²) in [6, 6.07) is 7.97. The van der Waals surface area contributed by atoms with Gasteiger partial charge in [-0.05, 0) is 18.6 Å². The fraction of sp³-hybridized carbons (Fsp3) is 0.500. The Labute approximate surface area is 106 Å². The predicted molar refractivity (Wildman–Crippen MR) is 66.1 cm³/mol. The van der Waals surface area contributed by atoms with Crippen molar-refractivity contribution in [2.45, 2.75) is 25.6 Å². The molecule has 2 aliphatic rings. The Morgan fingerprint density at radius 1 is 1.33 bits per heavy atom. The van der Waals surface area contributed by atoms with E-state index >= 15 is 0 Å². The lowest BCUT2D eigenvalue weighted by molar-refractivity contribution is -0.136. The third kappa shape index (κ3) is 1.68. The minimum Gasteiger partial charge on any atom is -0.497 e. The molecule has 0 radical (unpaired) electrons. The number of nitrogens with zero attached hydrogens (tertiary/aromatic N) is 1. The maximum absolute atomic E-state index is 12.1. The lowest BCUT2D eigenvalue weighted by Gasteiger charge is -2.23. The normalized spacial score (nSPS) is 30.7. The van der Waals surface area contributed by atoms with Crippen molar-refractivity contribution < 1.29 is 14.3 Å². The second-order valence-corrected chi connectivity index (χ2v) is 4.99. The van der Waals surface area contributed by atoms with Gasteiger partial charge in [0.2, 0.25) is 5.91 Å². The summed E-state index contributed by atoms with van der Waals surface area (Å²) in [7, 11) is 1.64. The van der Waals surface area contributed by atoms with Crippen LogP contribution in [0.3, 0.4) is 0 Å². The highest BCUT2D eigenvalue weighted by Gasteiger charge is 2.46. The molecule has 0 spiro atoms. The van der Waals surface area contributed by atoms with E-state index in [4.69, 9.17) is 9.47 Å². The minimum atomic E-state index is -0.224. The molecule has 0 N–H and O–H groups in total. The van der Waals surface area contributed by atoms with Gasteiger partial charge in [0.1, 0.15) is 5.75 Å². The topological polar surface area (TPSA) is 38.8 Å². The molecule has 0 saturated carbocycles. The molecule has 2 saturated heterocycles. The van der Waals surface area contributed by atoms with E-state index in [0.29, 0.717) is 6.61 Å². The second-order valence-electron chi connectivity index (χ2n) is 4.99. The SMILES string of the molecule is COc1ccc([C@H]2OC[C@@H]3C[C@H](C)C(=O)N32)cc1. The van der Waals surface area contributed by atoms with Crippen LogP contribution in [-0.4, -0.2) is 30.6 Å². The molecular formula is C14H17NO3. The van der Waals surface area contributed by atoms with Crippen LogP contribution in [0.25, 0.3) is 0 Å². The Morgan fingerprint density at radius 3 is 2.72 bits per heavy atom. The number of rotatable bonds is 2. The van der Waals surface area contributed by atoms with Gasteiger partial charge in [0, 0.05) is 11.5 Å². The molecule has 0 unspecified atom stereocenters. The summed E-state index contributed by atoms with van der Waals surface area (Å²) in [6.45, 7) is 2.64. The van der Waals surface area contributed by atoms with Crippen molar-refractivity contribution >= 4 is 5.91 Å². The molecule has 4 nitrogen and oxygen atoms in total. The highest BCUT2D eigenvalue weighted by molar-refractivity contribution is 5.81. The van der Waals surface area contributed by atoms with Crippen LogP contribution in [0, 0.1) is 5.92 Å². The molecule has 0 aliphatic carbocycles. The first-order valence-electron chi connectivity index (χ1n) is 6.28. The van der Waals surface area contributed by atoms with Crippen molar-refractivity contribution in [1.29, 1.82) is 0 Å². The largest absolute Gasteiger partial charge is 0.497 e. The second kappa shape index (κ2) is 4.28. The van der Waals surface area contributed by atoms with E-state index in [0.717, 1.165) is 17.7 Å². The van der Waals surface area contributed by atoms with E-state index in [1.807, 2.05) is 36.1 Å². The standard InChI is InChI=1S/C14H17NO3/c1-9-7-11-8-18-14(15(11)13(9)16)10-3-5-12(17-2)6-4-10/h3-6,9,11,14H,7-8H2,1-2H3/t9-,11-,14+/m0/s1. The highest BCUT2D eigenvalue weighted by Crippen LogP contribution is 2.39. The van der Waals surface area contributed by atoms with Crippen molar-refractivity contribution in [2.75, 3.05) is 13.7 Å². The zero-order chi connectivity index (χ0) is 12.7. The lowest BCUT2D eigenvalue weighted by atomic mass is 10.1. The molecule has 1 aromatic rings. The maximum Gasteiger partial charge on any atom is 0.228 e. The summed E-state index contributed by atoms with van der Waals surface area (Å²) >= 11 is 0. The monoisotopic (exact) mass is 247 g/mol. The van der Waals surface area contributed by atoms with E-state index in [1.165, 1.54) is 0 Å². The molecular weight excluding hydrogens is 230 g/mol. The van der Waals surface area contributed by atoms with Crippen LogP contribution >= 0.6 is 0 Å². The van der Waals surface area contributed by atoms with E-state index in [2.05, 4.69) is 0 Å². The first kappa shape index (κ1) is 11.5. The number of benzene rings is 1. The number of ether oxygens (including phenoxy) is 2. The molecule has 2 fully saturated rings. The van der Waals surface area contributed by atoms with E-state index in [1.54, 1.807) is 7.11 Å². The van der Waals surface area contributed by atoms with E-state index in [9.17, 15) is 4.79 Å². The molecule has 3 rings (SSSR count). The summed E-state index contributed by atoms with van der Waals surface area (Å²) in [6.07, 6.45) is 0.684. The van der Waals surface area contributed by atoms with Gasteiger partial charge in [-0.15, -0.1) is 0 Å². The Hall–Kier alpha value is -1.55. The van der Waals surface area contributed by atoms with Crippen molar-refractivity contribution in [3.63, 3.8) is 0 Å². The van der Waals surface area contributed by atoms with Crippen LogP contribution in [0.1, 0.15) is 25.1 Å². The van der Waals surface area contributed by atoms with Crippen LogP contribution in [-0.2, 0) is 9.53 Å². The van der Waals surface area contributed by atoms with Gasteiger partial charge in [-0.2, -0.15) is 0 Å². The van der Waals surface area contributed by atoms with E-state index < -0.39 is 0 Å². The molecule has 1 aromatic carbocycles. The summed E-state index contributed by atoms with van der Waals surface area (Å²) < 4.78 is 10.9. The third-order valence-electron chi connectivity index (χ3n) is 3.80. The lowest BCUT2D eigenvalue weighted by Crippen LogP contribution is -2.31. The summed E-state index contributed by atoms with van der Waals surface area (Å²) in [4.78, 5) is 14.0. The molecule has 2 heterocycles.